The monoisotopic (exact) mass is 283 g/mol. The Hall–Kier alpha value is -1.69. The molecule has 2 N–H and O–H groups in total. The van der Waals surface area contributed by atoms with Crippen LogP contribution in [0.5, 0.6) is 0 Å². The lowest BCUT2D eigenvalue weighted by Crippen LogP contribution is -2.54. The van der Waals surface area contributed by atoms with E-state index < -0.39 is 17.7 Å². The fourth-order valence-electron chi connectivity index (χ4n) is 2.35. The summed E-state index contributed by atoms with van der Waals surface area (Å²) in [6, 6.07) is 2.06. The smallest absolute Gasteiger partial charge is 0.242 e. The van der Waals surface area contributed by atoms with Gasteiger partial charge in [0.2, 0.25) is 5.91 Å². The first-order valence-corrected chi connectivity index (χ1v) is 6.77. The largest absolute Gasteiger partial charge is 0.353 e. The molecule has 1 amide bonds. The lowest BCUT2D eigenvalue weighted by atomic mass is 10.1. The molecule has 4 nitrogen and oxygen atoms in total. The van der Waals surface area contributed by atoms with E-state index in [2.05, 4.69) is 10.6 Å². The van der Waals surface area contributed by atoms with Crippen molar-refractivity contribution in [3.63, 3.8) is 0 Å². The second-order valence-electron chi connectivity index (χ2n) is 4.85. The van der Waals surface area contributed by atoms with Crippen LogP contribution in [0.2, 0.25) is 0 Å². The second-order valence-corrected chi connectivity index (χ2v) is 4.85. The van der Waals surface area contributed by atoms with Gasteiger partial charge >= 0.3 is 0 Å². The van der Waals surface area contributed by atoms with Gasteiger partial charge in [0.1, 0.15) is 23.4 Å². The third-order valence-corrected chi connectivity index (χ3v) is 3.44. The summed E-state index contributed by atoms with van der Waals surface area (Å²) >= 11 is 0. The first-order valence-electron chi connectivity index (χ1n) is 6.77. The SMILES string of the molecule is CCNCc1cc(F)c(N2CCNC(=O)C2C)c(F)c1. The van der Waals surface area contributed by atoms with Gasteiger partial charge in [-0.15, -0.1) is 0 Å². The van der Waals surface area contributed by atoms with Crippen molar-refractivity contribution in [1.82, 2.24) is 10.6 Å². The van der Waals surface area contributed by atoms with E-state index in [-0.39, 0.29) is 11.6 Å². The molecule has 1 heterocycles. The van der Waals surface area contributed by atoms with Crippen LogP contribution in [-0.4, -0.2) is 31.6 Å². The number of carbonyl (C=O) groups excluding carboxylic acids is 1. The maximum Gasteiger partial charge on any atom is 0.242 e. The molecule has 110 valence electrons. The molecule has 0 aromatic heterocycles. The van der Waals surface area contributed by atoms with E-state index in [1.54, 1.807) is 6.92 Å². The summed E-state index contributed by atoms with van der Waals surface area (Å²) in [5.41, 5.74) is 0.437. The minimum absolute atomic E-state index is 0.118. The average Bonchev–Trinajstić information content (AvgIpc) is 2.40. The predicted molar refractivity (Wildman–Crippen MR) is 73.6 cm³/mol. The minimum Gasteiger partial charge on any atom is -0.353 e. The van der Waals surface area contributed by atoms with Gasteiger partial charge in [-0.05, 0) is 31.2 Å². The van der Waals surface area contributed by atoms with Crippen LogP contribution in [0, 0.1) is 11.6 Å². The molecular formula is C14H19F2N3O. The maximum absolute atomic E-state index is 14.2. The summed E-state index contributed by atoms with van der Waals surface area (Å²) in [5.74, 6) is -1.47. The van der Waals surface area contributed by atoms with E-state index in [0.29, 0.717) is 25.2 Å². The number of carbonyl (C=O) groups is 1. The van der Waals surface area contributed by atoms with Crippen LogP contribution >= 0.6 is 0 Å². The van der Waals surface area contributed by atoms with Crippen LogP contribution in [0.1, 0.15) is 19.4 Å². The molecular weight excluding hydrogens is 264 g/mol. The normalized spacial score (nSPS) is 19.1. The molecule has 0 bridgehead atoms. The van der Waals surface area contributed by atoms with Gasteiger partial charge in [-0.3, -0.25) is 4.79 Å². The molecule has 1 atom stereocenters. The van der Waals surface area contributed by atoms with E-state index in [9.17, 15) is 13.6 Å². The summed E-state index contributed by atoms with van der Waals surface area (Å²) in [5, 5.41) is 5.70. The topological polar surface area (TPSA) is 44.4 Å². The predicted octanol–water partition coefficient (Wildman–Crippen LogP) is 1.40. The summed E-state index contributed by atoms with van der Waals surface area (Å²) in [6.45, 7) is 5.50. The molecule has 1 unspecified atom stereocenters. The number of rotatable bonds is 4. The van der Waals surface area contributed by atoms with Gasteiger partial charge in [-0.25, -0.2) is 8.78 Å². The van der Waals surface area contributed by atoms with Crippen LogP contribution in [0.3, 0.4) is 0 Å². The molecule has 0 aliphatic carbocycles. The third kappa shape index (κ3) is 2.90. The molecule has 1 saturated heterocycles. The average molecular weight is 283 g/mol. The van der Waals surface area contributed by atoms with Gasteiger partial charge in [-0.1, -0.05) is 6.92 Å². The molecule has 1 aliphatic rings. The highest BCUT2D eigenvalue weighted by atomic mass is 19.1. The van der Waals surface area contributed by atoms with Gasteiger partial charge in [0.25, 0.3) is 0 Å². The zero-order valence-electron chi connectivity index (χ0n) is 11.7. The molecule has 0 radical (unpaired) electrons. The van der Waals surface area contributed by atoms with Gasteiger partial charge in [0.15, 0.2) is 0 Å². The Bertz CT molecular complexity index is 484. The number of nitrogens with zero attached hydrogens (tertiary/aromatic N) is 1. The number of amides is 1. The molecule has 1 fully saturated rings. The number of halogens is 2. The Morgan fingerprint density at radius 2 is 2.05 bits per heavy atom. The van der Waals surface area contributed by atoms with E-state index in [1.807, 2.05) is 6.92 Å². The fraction of sp³-hybridized carbons (Fsp3) is 0.500. The first kappa shape index (κ1) is 14.7. The Kier molecular flexibility index (Phi) is 4.54. The van der Waals surface area contributed by atoms with Gasteiger partial charge in [-0.2, -0.15) is 0 Å². The Morgan fingerprint density at radius 3 is 2.65 bits per heavy atom. The van der Waals surface area contributed by atoms with E-state index in [1.165, 1.54) is 17.0 Å². The highest BCUT2D eigenvalue weighted by Gasteiger charge is 2.29. The summed E-state index contributed by atoms with van der Waals surface area (Å²) in [7, 11) is 0. The van der Waals surface area contributed by atoms with Crippen molar-refractivity contribution in [2.45, 2.75) is 26.4 Å². The number of nitrogens with one attached hydrogen (secondary N) is 2. The van der Waals surface area contributed by atoms with Crippen LogP contribution in [0.4, 0.5) is 14.5 Å². The molecule has 1 aliphatic heterocycles. The summed E-state index contributed by atoms with van der Waals surface area (Å²) < 4.78 is 28.4. The van der Waals surface area contributed by atoms with Crippen molar-refractivity contribution in [2.75, 3.05) is 24.5 Å². The lowest BCUT2D eigenvalue weighted by Gasteiger charge is -2.35. The van der Waals surface area contributed by atoms with Gasteiger partial charge in [0.05, 0.1) is 0 Å². The van der Waals surface area contributed by atoms with Crippen LogP contribution in [0.15, 0.2) is 12.1 Å². The van der Waals surface area contributed by atoms with Crippen molar-refractivity contribution in [3.05, 3.63) is 29.3 Å². The quantitative estimate of drug-likeness (QED) is 0.878. The number of benzene rings is 1. The zero-order valence-corrected chi connectivity index (χ0v) is 11.7. The van der Waals surface area contributed by atoms with Crippen molar-refractivity contribution in [1.29, 1.82) is 0 Å². The molecule has 0 spiro atoms. The van der Waals surface area contributed by atoms with Crippen LogP contribution < -0.4 is 15.5 Å². The van der Waals surface area contributed by atoms with Crippen molar-refractivity contribution in [3.8, 4) is 0 Å². The molecule has 20 heavy (non-hydrogen) atoms. The molecule has 1 aromatic rings. The molecule has 2 rings (SSSR count). The van der Waals surface area contributed by atoms with Gasteiger partial charge < -0.3 is 15.5 Å². The zero-order chi connectivity index (χ0) is 14.7. The van der Waals surface area contributed by atoms with Gasteiger partial charge in [0, 0.05) is 19.6 Å². The summed E-state index contributed by atoms with van der Waals surface area (Å²) in [6.07, 6.45) is 0. The summed E-state index contributed by atoms with van der Waals surface area (Å²) in [4.78, 5) is 13.1. The van der Waals surface area contributed by atoms with Crippen LogP contribution in [-0.2, 0) is 11.3 Å². The van der Waals surface area contributed by atoms with Crippen molar-refractivity contribution < 1.29 is 13.6 Å². The first-order chi connectivity index (χ1) is 9.54. The minimum atomic E-state index is -0.626. The van der Waals surface area contributed by atoms with Crippen molar-refractivity contribution in [2.24, 2.45) is 0 Å². The maximum atomic E-state index is 14.2. The number of hydrogen-bond donors (Lipinski definition) is 2. The Labute approximate surface area is 117 Å². The standard InChI is InChI=1S/C14H19F2N3O/c1-3-17-8-10-6-11(15)13(12(16)7-10)19-5-4-18-14(20)9(19)2/h6-7,9,17H,3-5,8H2,1-2H3,(H,18,20). The fourth-order valence-corrected chi connectivity index (χ4v) is 2.35. The molecule has 1 aromatic carbocycles. The van der Waals surface area contributed by atoms with E-state index >= 15 is 0 Å². The Morgan fingerprint density at radius 1 is 1.40 bits per heavy atom. The molecule has 6 heteroatoms. The number of anilines is 1. The van der Waals surface area contributed by atoms with E-state index in [0.717, 1.165) is 6.54 Å². The highest BCUT2D eigenvalue weighted by Crippen LogP contribution is 2.27. The van der Waals surface area contributed by atoms with Crippen molar-refractivity contribution >= 4 is 11.6 Å². The lowest BCUT2D eigenvalue weighted by molar-refractivity contribution is -0.122. The third-order valence-electron chi connectivity index (χ3n) is 3.44. The number of hydrogen-bond acceptors (Lipinski definition) is 3. The highest BCUT2D eigenvalue weighted by molar-refractivity contribution is 5.86. The Balaban J connectivity index is 2.29. The van der Waals surface area contributed by atoms with Crippen LogP contribution in [0.25, 0.3) is 0 Å². The molecule has 0 saturated carbocycles. The van der Waals surface area contributed by atoms with E-state index in [4.69, 9.17) is 0 Å². The second kappa shape index (κ2) is 6.17. The number of piperazine rings is 1.